The van der Waals surface area contributed by atoms with Gasteiger partial charge in [-0.1, -0.05) is 0 Å². The lowest BCUT2D eigenvalue weighted by atomic mass is 9.99. The topological polar surface area (TPSA) is 43.1 Å². The minimum absolute atomic E-state index is 0.133. The molecule has 6 heteroatoms. The van der Waals surface area contributed by atoms with Crippen molar-refractivity contribution in [1.29, 1.82) is 0 Å². The van der Waals surface area contributed by atoms with Crippen molar-refractivity contribution in [3.05, 3.63) is 63.5 Å². The van der Waals surface area contributed by atoms with Gasteiger partial charge in [0.05, 0.1) is 4.92 Å². The second-order valence-corrected chi connectivity index (χ2v) is 3.98. The van der Waals surface area contributed by atoms with E-state index >= 15 is 0 Å². The quantitative estimate of drug-likeness (QED) is 0.469. The Labute approximate surface area is 106 Å². The van der Waals surface area contributed by atoms with Crippen LogP contribution in [-0.2, 0) is 0 Å². The predicted octanol–water partition coefficient (Wildman–Crippen LogP) is 3.99. The van der Waals surface area contributed by atoms with Crippen LogP contribution in [0.3, 0.4) is 0 Å². The zero-order chi connectivity index (χ0) is 14.2. The summed E-state index contributed by atoms with van der Waals surface area (Å²) in [5.74, 6) is -4.15. The van der Waals surface area contributed by atoms with Gasteiger partial charge in [0.15, 0.2) is 17.5 Å². The molecule has 0 N–H and O–H groups in total. The second-order valence-electron chi connectivity index (χ2n) is 3.98. The Morgan fingerprint density at radius 1 is 1.00 bits per heavy atom. The number of hydrogen-bond acceptors (Lipinski definition) is 2. The number of non-ortho nitro benzene ring substituents is 1. The third kappa shape index (κ3) is 2.29. The molecule has 2 rings (SSSR count). The molecule has 2 aromatic carbocycles. The summed E-state index contributed by atoms with van der Waals surface area (Å²) in [4.78, 5) is 10.0. The molecule has 0 saturated carbocycles. The molecule has 0 unspecified atom stereocenters. The summed E-state index contributed by atoms with van der Waals surface area (Å²) in [5.41, 5.74) is 0.400. The molecule has 0 aromatic heterocycles. The van der Waals surface area contributed by atoms with E-state index in [1.807, 2.05) is 0 Å². The van der Waals surface area contributed by atoms with Crippen molar-refractivity contribution in [1.82, 2.24) is 0 Å². The highest BCUT2D eigenvalue weighted by Crippen LogP contribution is 2.30. The third-order valence-corrected chi connectivity index (χ3v) is 2.75. The Morgan fingerprint density at radius 3 is 2.21 bits per heavy atom. The minimum Gasteiger partial charge on any atom is -0.258 e. The molecule has 0 spiro atoms. The largest absolute Gasteiger partial charge is 0.269 e. The highest BCUT2D eigenvalue weighted by Gasteiger charge is 2.17. The number of nitro groups is 1. The monoisotopic (exact) mass is 267 g/mol. The molecule has 0 heterocycles. The van der Waals surface area contributed by atoms with Gasteiger partial charge in [0.2, 0.25) is 0 Å². The summed E-state index contributed by atoms with van der Waals surface area (Å²) in [6, 6.07) is 5.65. The van der Waals surface area contributed by atoms with E-state index in [0.29, 0.717) is 5.56 Å². The van der Waals surface area contributed by atoms with Crippen LogP contribution in [0, 0.1) is 34.5 Å². The van der Waals surface area contributed by atoms with Crippen molar-refractivity contribution in [2.45, 2.75) is 6.92 Å². The van der Waals surface area contributed by atoms with Gasteiger partial charge in [0.25, 0.3) is 5.69 Å². The van der Waals surface area contributed by atoms with Crippen molar-refractivity contribution in [3.8, 4) is 11.1 Å². The molecule has 0 amide bonds. The molecule has 3 nitrogen and oxygen atoms in total. The van der Waals surface area contributed by atoms with Crippen molar-refractivity contribution >= 4 is 5.69 Å². The van der Waals surface area contributed by atoms with Gasteiger partial charge in [0.1, 0.15) is 0 Å². The van der Waals surface area contributed by atoms with E-state index in [0.717, 1.165) is 12.1 Å². The van der Waals surface area contributed by atoms with Crippen LogP contribution < -0.4 is 0 Å². The Balaban J connectivity index is 2.60. The maximum Gasteiger partial charge on any atom is 0.269 e. The molecule has 0 atom stereocenters. The van der Waals surface area contributed by atoms with Crippen LogP contribution in [0.1, 0.15) is 5.56 Å². The smallest absolute Gasteiger partial charge is 0.258 e. The molecule has 0 bridgehead atoms. The fraction of sp³-hybridized carbons (Fsp3) is 0.0769. The number of aryl methyl sites for hydroxylation is 1. The lowest BCUT2D eigenvalue weighted by Crippen LogP contribution is -1.96. The van der Waals surface area contributed by atoms with Gasteiger partial charge in [0, 0.05) is 17.7 Å². The van der Waals surface area contributed by atoms with Crippen molar-refractivity contribution < 1.29 is 18.1 Å². The van der Waals surface area contributed by atoms with Gasteiger partial charge < -0.3 is 0 Å². The van der Waals surface area contributed by atoms with Crippen LogP contribution in [0.15, 0.2) is 30.3 Å². The van der Waals surface area contributed by atoms with E-state index in [4.69, 9.17) is 0 Å². The van der Waals surface area contributed by atoms with Gasteiger partial charge in [-0.2, -0.15) is 0 Å². The molecular weight excluding hydrogens is 259 g/mol. The van der Waals surface area contributed by atoms with Gasteiger partial charge in [-0.15, -0.1) is 0 Å². The summed E-state index contributed by atoms with van der Waals surface area (Å²) >= 11 is 0. The highest BCUT2D eigenvalue weighted by atomic mass is 19.2. The first-order valence-corrected chi connectivity index (χ1v) is 5.30. The number of nitrogens with zero attached hydrogens (tertiary/aromatic N) is 1. The molecule has 98 valence electrons. The summed E-state index contributed by atoms with van der Waals surface area (Å²) in [6.07, 6.45) is 0. The van der Waals surface area contributed by atoms with E-state index in [1.165, 1.54) is 25.1 Å². The van der Waals surface area contributed by atoms with Crippen molar-refractivity contribution in [2.75, 3.05) is 0 Å². The first kappa shape index (κ1) is 13.1. The number of benzene rings is 2. The van der Waals surface area contributed by atoms with E-state index in [1.54, 1.807) is 0 Å². The molecule has 0 aliphatic rings. The Morgan fingerprint density at radius 2 is 1.63 bits per heavy atom. The van der Waals surface area contributed by atoms with Crippen LogP contribution in [0.2, 0.25) is 0 Å². The van der Waals surface area contributed by atoms with E-state index in [2.05, 4.69) is 0 Å². The molecule has 19 heavy (non-hydrogen) atoms. The van der Waals surface area contributed by atoms with Gasteiger partial charge in [-0.05, 0) is 36.2 Å². The fourth-order valence-corrected chi connectivity index (χ4v) is 1.80. The summed E-state index contributed by atoms with van der Waals surface area (Å²) in [7, 11) is 0. The molecular formula is C13H8F3NO2. The van der Waals surface area contributed by atoms with Crippen LogP contribution in [-0.4, -0.2) is 4.92 Å². The maximum atomic E-state index is 13.6. The van der Waals surface area contributed by atoms with Gasteiger partial charge in [-0.25, -0.2) is 13.2 Å². The fourth-order valence-electron chi connectivity index (χ4n) is 1.80. The molecule has 0 aliphatic heterocycles. The van der Waals surface area contributed by atoms with Gasteiger partial charge >= 0.3 is 0 Å². The Bertz CT molecular complexity index is 671. The number of rotatable bonds is 2. The number of nitro benzene ring substituents is 1. The Kier molecular flexibility index (Phi) is 3.25. The lowest BCUT2D eigenvalue weighted by Gasteiger charge is -2.08. The minimum atomic E-state index is -1.56. The van der Waals surface area contributed by atoms with Gasteiger partial charge in [-0.3, -0.25) is 10.1 Å². The second kappa shape index (κ2) is 4.72. The first-order chi connectivity index (χ1) is 8.91. The van der Waals surface area contributed by atoms with Crippen LogP contribution in [0.4, 0.5) is 18.9 Å². The number of hydrogen-bond donors (Lipinski definition) is 0. The SMILES string of the molecule is Cc1cc([N+](=O)[O-])ccc1-c1ccc(F)c(F)c1F. The Hall–Kier alpha value is -2.37. The van der Waals surface area contributed by atoms with E-state index < -0.39 is 22.4 Å². The zero-order valence-electron chi connectivity index (χ0n) is 9.78. The molecule has 0 saturated heterocycles. The van der Waals surface area contributed by atoms with Crippen LogP contribution in [0.5, 0.6) is 0 Å². The maximum absolute atomic E-state index is 13.6. The highest BCUT2D eigenvalue weighted by molar-refractivity contribution is 5.69. The zero-order valence-corrected chi connectivity index (χ0v) is 9.78. The summed E-state index contributed by atoms with van der Waals surface area (Å²) < 4.78 is 39.6. The number of halogens is 3. The van der Waals surface area contributed by atoms with Crippen molar-refractivity contribution in [2.24, 2.45) is 0 Å². The molecule has 0 fully saturated rings. The summed E-state index contributed by atoms with van der Waals surface area (Å²) in [6.45, 7) is 1.53. The van der Waals surface area contributed by atoms with Crippen LogP contribution in [0.25, 0.3) is 11.1 Å². The van der Waals surface area contributed by atoms with Crippen molar-refractivity contribution in [3.63, 3.8) is 0 Å². The average molecular weight is 267 g/mol. The average Bonchev–Trinajstić information content (AvgIpc) is 2.37. The molecule has 0 radical (unpaired) electrons. The first-order valence-electron chi connectivity index (χ1n) is 5.30. The lowest BCUT2D eigenvalue weighted by molar-refractivity contribution is -0.384. The van der Waals surface area contributed by atoms with E-state index in [-0.39, 0.29) is 16.8 Å². The predicted molar refractivity (Wildman–Crippen MR) is 63.1 cm³/mol. The molecule has 0 aliphatic carbocycles. The standard InChI is InChI=1S/C13H8F3NO2/c1-7-6-8(17(18)19)2-3-9(7)10-4-5-11(14)13(16)12(10)15/h2-6H,1H3. The van der Waals surface area contributed by atoms with Crippen LogP contribution >= 0.6 is 0 Å². The van der Waals surface area contributed by atoms with E-state index in [9.17, 15) is 23.3 Å². The summed E-state index contributed by atoms with van der Waals surface area (Å²) in [5, 5.41) is 10.6. The normalized spacial score (nSPS) is 10.5. The third-order valence-electron chi connectivity index (χ3n) is 2.75. The molecule has 2 aromatic rings.